The van der Waals surface area contributed by atoms with E-state index in [2.05, 4.69) is 10.3 Å². The molecule has 0 radical (unpaired) electrons. The standard InChI is InChI=1S/C23H22N2O4S/c1-14(2)28-16-7-5-6-15(12-16)18(26)13-24-22(27)19-10-11-20(29-19)23-25-17-8-3-4-9-21(17)30-23/h3-12,14,18,26H,13H2,1-2H3,(H,24,27). The Bertz CT molecular complexity index is 1130. The molecular formula is C23H22N2O4S. The van der Waals surface area contributed by atoms with Gasteiger partial charge in [-0.05, 0) is 55.8 Å². The monoisotopic (exact) mass is 422 g/mol. The average molecular weight is 423 g/mol. The van der Waals surface area contributed by atoms with Crippen LogP contribution in [-0.4, -0.2) is 28.6 Å². The number of benzene rings is 2. The molecule has 1 amide bonds. The number of para-hydroxylation sites is 1. The van der Waals surface area contributed by atoms with Crippen LogP contribution in [-0.2, 0) is 0 Å². The summed E-state index contributed by atoms with van der Waals surface area (Å²) in [5, 5.41) is 13.9. The van der Waals surface area contributed by atoms with Crippen molar-refractivity contribution < 1.29 is 19.1 Å². The van der Waals surface area contributed by atoms with Crippen molar-refractivity contribution in [1.29, 1.82) is 0 Å². The van der Waals surface area contributed by atoms with Crippen LogP contribution >= 0.6 is 11.3 Å². The number of carbonyl (C=O) groups excluding carboxylic acids is 1. The number of thiazole rings is 1. The number of hydrogen-bond acceptors (Lipinski definition) is 6. The minimum absolute atomic E-state index is 0.0423. The van der Waals surface area contributed by atoms with Gasteiger partial charge in [-0.25, -0.2) is 4.98 Å². The number of aliphatic hydroxyl groups is 1. The smallest absolute Gasteiger partial charge is 0.287 e. The van der Waals surface area contributed by atoms with E-state index in [1.165, 1.54) is 11.3 Å². The van der Waals surface area contributed by atoms with E-state index in [0.717, 1.165) is 15.2 Å². The Hall–Kier alpha value is -3.16. The van der Waals surface area contributed by atoms with E-state index in [9.17, 15) is 9.90 Å². The number of fused-ring (bicyclic) bond motifs is 1. The summed E-state index contributed by atoms with van der Waals surface area (Å²) >= 11 is 1.51. The molecule has 0 bridgehead atoms. The number of aromatic nitrogens is 1. The van der Waals surface area contributed by atoms with Gasteiger partial charge in [0.25, 0.3) is 5.91 Å². The van der Waals surface area contributed by atoms with Crippen molar-refractivity contribution in [3.05, 3.63) is 72.0 Å². The summed E-state index contributed by atoms with van der Waals surface area (Å²) in [6, 6.07) is 18.4. The predicted octanol–water partition coefficient (Wildman–Crippen LogP) is 4.81. The van der Waals surface area contributed by atoms with Crippen molar-refractivity contribution in [2.75, 3.05) is 6.54 Å². The molecule has 0 aliphatic heterocycles. The van der Waals surface area contributed by atoms with Gasteiger partial charge in [-0.3, -0.25) is 4.79 Å². The minimum atomic E-state index is -0.858. The van der Waals surface area contributed by atoms with Crippen LogP contribution in [0.2, 0.25) is 0 Å². The number of hydrogen-bond donors (Lipinski definition) is 2. The summed E-state index contributed by atoms with van der Waals surface area (Å²) in [4.78, 5) is 17.0. The van der Waals surface area contributed by atoms with Crippen molar-refractivity contribution in [1.82, 2.24) is 10.3 Å². The highest BCUT2D eigenvalue weighted by Crippen LogP contribution is 2.31. The van der Waals surface area contributed by atoms with Gasteiger partial charge in [-0.15, -0.1) is 11.3 Å². The number of amides is 1. The van der Waals surface area contributed by atoms with E-state index >= 15 is 0 Å². The maximum Gasteiger partial charge on any atom is 0.287 e. The van der Waals surface area contributed by atoms with Gasteiger partial charge in [0.15, 0.2) is 16.5 Å². The molecule has 30 heavy (non-hydrogen) atoms. The average Bonchev–Trinajstić information content (AvgIpc) is 3.38. The molecule has 0 aliphatic rings. The Labute approximate surface area is 178 Å². The highest BCUT2D eigenvalue weighted by molar-refractivity contribution is 7.21. The summed E-state index contributed by atoms with van der Waals surface area (Å²) < 4.78 is 12.4. The molecule has 0 spiro atoms. The number of aliphatic hydroxyl groups excluding tert-OH is 1. The van der Waals surface area contributed by atoms with Crippen LogP contribution < -0.4 is 10.1 Å². The summed E-state index contributed by atoms with van der Waals surface area (Å²) in [7, 11) is 0. The molecule has 0 fully saturated rings. The number of rotatable bonds is 7. The van der Waals surface area contributed by atoms with Crippen LogP contribution in [0.4, 0.5) is 0 Å². The quantitative estimate of drug-likeness (QED) is 0.447. The normalized spacial score (nSPS) is 12.3. The highest BCUT2D eigenvalue weighted by Gasteiger charge is 2.17. The zero-order valence-electron chi connectivity index (χ0n) is 16.7. The van der Waals surface area contributed by atoms with Gasteiger partial charge < -0.3 is 19.6 Å². The molecule has 4 rings (SSSR count). The summed E-state index contributed by atoms with van der Waals surface area (Å²) in [5.41, 5.74) is 1.56. The predicted molar refractivity (Wildman–Crippen MR) is 117 cm³/mol. The van der Waals surface area contributed by atoms with Crippen molar-refractivity contribution in [3.63, 3.8) is 0 Å². The van der Waals surface area contributed by atoms with E-state index in [-0.39, 0.29) is 18.4 Å². The zero-order chi connectivity index (χ0) is 21.1. The Balaban J connectivity index is 1.40. The number of ether oxygens (including phenoxy) is 1. The molecule has 4 aromatic rings. The lowest BCUT2D eigenvalue weighted by atomic mass is 10.1. The topological polar surface area (TPSA) is 84.6 Å². The van der Waals surface area contributed by atoms with Crippen molar-refractivity contribution in [2.45, 2.75) is 26.1 Å². The third-order valence-electron chi connectivity index (χ3n) is 4.41. The van der Waals surface area contributed by atoms with Crippen molar-refractivity contribution in [2.24, 2.45) is 0 Å². The van der Waals surface area contributed by atoms with Gasteiger partial charge in [0.05, 0.1) is 22.4 Å². The molecule has 1 atom stereocenters. The minimum Gasteiger partial charge on any atom is -0.491 e. The lowest BCUT2D eigenvalue weighted by Gasteiger charge is -2.14. The fraction of sp³-hybridized carbons (Fsp3) is 0.217. The van der Waals surface area contributed by atoms with Gasteiger partial charge in [0.1, 0.15) is 5.75 Å². The largest absolute Gasteiger partial charge is 0.491 e. The first-order chi connectivity index (χ1) is 14.5. The fourth-order valence-electron chi connectivity index (χ4n) is 3.01. The first-order valence-electron chi connectivity index (χ1n) is 9.68. The Morgan fingerprint density at radius 2 is 2.00 bits per heavy atom. The third kappa shape index (κ3) is 4.53. The molecule has 0 saturated carbocycles. The third-order valence-corrected chi connectivity index (χ3v) is 5.46. The van der Waals surface area contributed by atoms with Crippen LogP contribution in [0.25, 0.3) is 21.0 Å². The maximum absolute atomic E-state index is 12.5. The highest BCUT2D eigenvalue weighted by atomic mass is 32.1. The van der Waals surface area contributed by atoms with E-state index in [1.807, 2.05) is 50.2 Å². The van der Waals surface area contributed by atoms with Crippen LogP contribution in [0, 0.1) is 0 Å². The second kappa shape index (κ2) is 8.69. The van der Waals surface area contributed by atoms with Crippen LogP contribution in [0.1, 0.15) is 36.1 Å². The zero-order valence-corrected chi connectivity index (χ0v) is 17.5. The van der Waals surface area contributed by atoms with Gasteiger partial charge in [-0.1, -0.05) is 24.3 Å². The molecule has 2 heterocycles. The number of furan rings is 1. The maximum atomic E-state index is 12.5. The Morgan fingerprint density at radius 3 is 2.80 bits per heavy atom. The molecule has 0 saturated heterocycles. The lowest BCUT2D eigenvalue weighted by Crippen LogP contribution is -2.28. The molecule has 1 unspecified atom stereocenters. The van der Waals surface area contributed by atoms with Crippen molar-refractivity contribution in [3.8, 4) is 16.5 Å². The number of nitrogens with one attached hydrogen (secondary N) is 1. The Kier molecular flexibility index (Phi) is 5.83. The molecule has 2 aromatic heterocycles. The first-order valence-corrected chi connectivity index (χ1v) is 10.5. The van der Waals surface area contributed by atoms with Gasteiger partial charge in [0, 0.05) is 6.54 Å². The summed E-state index contributed by atoms with van der Waals surface area (Å²) in [5.74, 6) is 1.00. The van der Waals surface area contributed by atoms with Crippen molar-refractivity contribution >= 4 is 27.5 Å². The number of nitrogens with zero attached hydrogens (tertiary/aromatic N) is 1. The molecule has 6 nitrogen and oxygen atoms in total. The van der Waals surface area contributed by atoms with E-state index < -0.39 is 12.0 Å². The summed E-state index contributed by atoms with van der Waals surface area (Å²) in [6.45, 7) is 3.94. The van der Waals surface area contributed by atoms with Crippen LogP contribution in [0.3, 0.4) is 0 Å². The Morgan fingerprint density at radius 1 is 1.17 bits per heavy atom. The molecule has 154 valence electrons. The fourth-order valence-corrected chi connectivity index (χ4v) is 3.94. The van der Waals surface area contributed by atoms with Gasteiger partial charge >= 0.3 is 0 Å². The second-order valence-corrected chi connectivity index (χ2v) is 8.15. The lowest BCUT2D eigenvalue weighted by molar-refractivity contribution is 0.0889. The molecule has 7 heteroatoms. The second-order valence-electron chi connectivity index (χ2n) is 7.12. The summed E-state index contributed by atoms with van der Waals surface area (Å²) in [6.07, 6.45) is -0.816. The molecule has 2 N–H and O–H groups in total. The van der Waals surface area contributed by atoms with E-state index in [1.54, 1.807) is 24.3 Å². The van der Waals surface area contributed by atoms with E-state index in [4.69, 9.17) is 9.15 Å². The molecular weight excluding hydrogens is 400 g/mol. The molecule has 0 aliphatic carbocycles. The van der Waals surface area contributed by atoms with Crippen LogP contribution in [0.5, 0.6) is 5.75 Å². The van der Waals surface area contributed by atoms with Gasteiger partial charge in [0.2, 0.25) is 0 Å². The van der Waals surface area contributed by atoms with Gasteiger partial charge in [-0.2, -0.15) is 0 Å². The van der Waals surface area contributed by atoms with E-state index in [0.29, 0.717) is 17.1 Å². The SMILES string of the molecule is CC(C)Oc1cccc(C(O)CNC(=O)c2ccc(-c3nc4ccccc4s3)o2)c1. The molecule has 2 aromatic carbocycles. The number of carbonyl (C=O) groups is 1. The van der Waals surface area contributed by atoms with Crippen LogP contribution in [0.15, 0.2) is 65.1 Å². The first kappa shape index (κ1) is 20.1.